The molecule has 0 saturated heterocycles. The van der Waals surface area contributed by atoms with Crippen LogP contribution in [0, 0.1) is 6.92 Å². The van der Waals surface area contributed by atoms with Crippen LogP contribution in [-0.2, 0) is 16.6 Å². The summed E-state index contributed by atoms with van der Waals surface area (Å²) in [5.74, 6) is 0.469. The molecule has 0 saturated carbocycles. The molecule has 0 fully saturated rings. The number of hydrogen-bond acceptors (Lipinski definition) is 5. The minimum Gasteiger partial charge on any atom is -0.297 e. The van der Waals surface area contributed by atoms with E-state index in [1.54, 1.807) is 12.3 Å². The van der Waals surface area contributed by atoms with Crippen molar-refractivity contribution in [3.63, 3.8) is 0 Å². The molecule has 2 N–H and O–H groups in total. The molecule has 0 aromatic carbocycles. The van der Waals surface area contributed by atoms with E-state index in [1.807, 2.05) is 19.9 Å². The highest BCUT2D eigenvalue weighted by Crippen LogP contribution is 2.22. The lowest BCUT2D eigenvalue weighted by molar-refractivity contribution is 0.559. The first-order chi connectivity index (χ1) is 8.95. The summed E-state index contributed by atoms with van der Waals surface area (Å²) in [5, 5.41) is 12.6. The van der Waals surface area contributed by atoms with E-state index < -0.39 is 10.0 Å². The van der Waals surface area contributed by atoms with Gasteiger partial charge >= 0.3 is 0 Å². The highest BCUT2D eigenvalue weighted by Gasteiger charge is 2.22. The topological polar surface area (TPSA) is 104 Å². The molecular weight excluding hydrogens is 266 g/mol. The zero-order chi connectivity index (χ0) is 14.0. The summed E-state index contributed by atoms with van der Waals surface area (Å²) in [6.07, 6.45) is 2.41. The van der Waals surface area contributed by atoms with Crippen LogP contribution in [0.2, 0.25) is 0 Å². The van der Waals surface area contributed by atoms with Gasteiger partial charge in [-0.1, -0.05) is 6.92 Å². The zero-order valence-electron chi connectivity index (χ0n) is 10.7. The van der Waals surface area contributed by atoms with Gasteiger partial charge in [0.2, 0.25) is 0 Å². The van der Waals surface area contributed by atoms with Gasteiger partial charge in [-0.15, -0.1) is 10.2 Å². The highest BCUT2D eigenvalue weighted by atomic mass is 32.2. The number of hydrogen-bond donors (Lipinski definition) is 1. The minimum atomic E-state index is -3.89. The number of primary sulfonamides is 1. The van der Waals surface area contributed by atoms with Gasteiger partial charge in [-0.25, -0.2) is 13.6 Å². The third kappa shape index (κ3) is 2.64. The first kappa shape index (κ1) is 13.6. The minimum absolute atomic E-state index is 0.215. The molecule has 0 radical (unpaired) electrons. The maximum Gasteiger partial charge on any atom is 0.273 e. The molecule has 0 unspecified atom stereocenters. The van der Waals surface area contributed by atoms with E-state index in [0.29, 0.717) is 12.4 Å². The number of aromatic nitrogens is 4. The Bertz CT molecular complexity index is 693. The Morgan fingerprint density at radius 1 is 1.37 bits per heavy atom. The molecule has 0 atom stereocenters. The Morgan fingerprint density at radius 2 is 2.11 bits per heavy atom. The molecule has 0 bridgehead atoms. The van der Waals surface area contributed by atoms with Gasteiger partial charge in [0, 0.05) is 24.0 Å². The van der Waals surface area contributed by atoms with Gasteiger partial charge in [-0.2, -0.15) is 0 Å². The number of nitrogens with two attached hydrogens (primary N) is 1. The van der Waals surface area contributed by atoms with Crippen molar-refractivity contribution in [2.45, 2.75) is 32.0 Å². The zero-order valence-corrected chi connectivity index (χ0v) is 11.6. The molecule has 0 aliphatic rings. The second-order valence-corrected chi connectivity index (χ2v) is 5.59. The van der Waals surface area contributed by atoms with E-state index >= 15 is 0 Å². The van der Waals surface area contributed by atoms with Crippen LogP contribution >= 0.6 is 0 Å². The molecule has 2 aromatic heterocycles. The van der Waals surface area contributed by atoms with E-state index in [4.69, 9.17) is 5.14 Å². The number of pyridine rings is 1. The van der Waals surface area contributed by atoms with Crippen molar-refractivity contribution < 1.29 is 8.42 Å². The Balaban J connectivity index is 2.66. The molecule has 19 heavy (non-hydrogen) atoms. The van der Waals surface area contributed by atoms with Gasteiger partial charge in [0.15, 0.2) is 5.82 Å². The molecular formula is C11H15N5O2S. The lowest BCUT2D eigenvalue weighted by atomic mass is 10.2. The Hall–Kier alpha value is -1.80. The third-order valence-corrected chi connectivity index (χ3v) is 3.48. The highest BCUT2D eigenvalue weighted by molar-refractivity contribution is 7.89. The standard InChI is InChI=1S/C11H15N5O2S/c1-3-7-16-10(9-5-4-6-13-8(9)2)14-15-11(16)19(12,17)18/h4-6H,3,7H2,1-2H3,(H2,12,17,18). The molecule has 8 heteroatoms. The van der Waals surface area contributed by atoms with Crippen molar-refractivity contribution in [3.8, 4) is 11.4 Å². The number of sulfonamides is 1. The van der Waals surface area contributed by atoms with Gasteiger partial charge in [-0.3, -0.25) is 9.55 Å². The second kappa shape index (κ2) is 5.06. The molecule has 0 aliphatic carbocycles. The van der Waals surface area contributed by atoms with E-state index in [0.717, 1.165) is 17.7 Å². The maximum absolute atomic E-state index is 11.5. The summed E-state index contributed by atoms with van der Waals surface area (Å²) >= 11 is 0. The molecule has 7 nitrogen and oxygen atoms in total. The monoisotopic (exact) mass is 281 g/mol. The Morgan fingerprint density at radius 3 is 2.68 bits per heavy atom. The van der Waals surface area contributed by atoms with Crippen LogP contribution in [0.1, 0.15) is 19.0 Å². The van der Waals surface area contributed by atoms with Gasteiger partial charge < -0.3 is 0 Å². The normalized spacial score (nSPS) is 11.7. The lowest BCUT2D eigenvalue weighted by Gasteiger charge is -2.08. The largest absolute Gasteiger partial charge is 0.297 e. The lowest BCUT2D eigenvalue weighted by Crippen LogP contribution is -2.19. The number of aryl methyl sites for hydroxylation is 1. The molecule has 2 rings (SSSR count). The molecule has 0 amide bonds. The molecule has 2 aromatic rings. The average Bonchev–Trinajstić information content (AvgIpc) is 2.74. The maximum atomic E-state index is 11.5. The van der Waals surface area contributed by atoms with Crippen molar-refractivity contribution in [1.29, 1.82) is 0 Å². The number of rotatable bonds is 4. The second-order valence-electron chi connectivity index (χ2n) is 4.14. The summed E-state index contributed by atoms with van der Waals surface area (Å²) in [6, 6.07) is 3.59. The predicted octanol–water partition coefficient (Wildman–Crippen LogP) is 0.706. The van der Waals surface area contributed by atoms with Gasteiger partial charge in [0.1, 0.15) is 0 Å². The summed E-state index contributed by atoms with van der Waals surface area (Å²) in [6.45, 7) is 4.24. The molecule has 2 heterocycles. The predicted molar refractivity (Wildman–Crippen MR) is 69.7 cm³/mol. The third-order valence-electron chi connectivity index (χ3n) is 2.67. The van der Waals surface area contributed by atoms with Crippen molar-refractivity contribution >= 4 is 10.0 Å². The van der Waals surface area contributed by atoms with Crippen LogP contribution < -0.4 is 5.14 Å². The number of nitrogens with zero attached hydrogens (tertiary/aromatic N) is 4. The van der Waals surface area contributed by atoms with Crippen LogP contribution in [0.15, 0.2) is 23.5 Å². The van der Waals surface area contributed by atoms with Gasteiger partial charge in [0.05, 0.1) is 0 Å². The summed E-state index contributed by atoms with van der Waals surface area (Å²) in [4.78, 5) is 4.17. The Labute approximate surface area is 111 Å². The van der Waals surface area contributed by atoms with Gasteiger partial charge in [0.25, 0.3) is 15.2 Å². The Kier molecular flexibility index (Phi) is 3.63. The van der Waals surface area contributed by atoms with Crippen molar-refractivity contribution in [2.24, 2.45) is 5.14 Å². The summed E-state index contributed by atoms with van der Waals surface area (Å²) in [7, 11) is -3.89. The molecule has 0 aliphatic heterocycles. The van der Waals surface area contributed by atoms with Crippen molar-refractivity contribution in [2.75, 3.05) is 0 Å². The SMILES string of the molecule is CCCn1c(-c2cccnc2C)nnc1S(N)(=O)=O. The van der Waals surface area contributed by atoms with Crippen molar-refractivity contribution in [3.05, 3.63) is 24.0 Å². The van der Waals surface area contributed by atoms with Crippen LogP contribution in [0.25, 0.3) is 11.4 Å². The fourth-order valence-electron chi connectivity index (χ4n) is 1.84. The average molecular weight is 281 g/mol. The van der Waals surface area contributed by atoms with Crippen LogP contribution in [-0.4, -0.2) is 28.2 Å². The van der Waals surface area contributed by atoms with Crippen LogP contribution in [0.5, 0.6) is 0 Å². The fraction of sp³-hybridized carbons (Fsp3) is 0.364. The smallest absolute Gasteiger partial charge is 0.273 e. The van der Waals surface area contributed by atoms with E-state index in [-0.39, 0.29) is 5.16 Å². The fourth-order valence-corrected chi connectivity index (χ4v) is 2.48. The summed E-state index contributed by atoms with van der Waals surface area (Å²) < 4.78 is 24.5. The van der Waals surface area contributed by atoms with E-state index in [1.165, 1.54) is 4.57 Å². The van der Waals surface area contributed by atoms with Gasteiger partial charge in [-0.05, 0) is 25.5 Å². The molecule has 102 valence electrons. The first-order valence-electron chi connectivity index (χ1n) is 5.83. The first-order valence-corrected chi connectivity index (χ1v) is 7.37. The van der Waals surface area contributed by atoms with E-state index in [9.17, 15) is 8.42 Å². The van der Waals surface area contributed by atoms with Crippen LogP contribution in [0.4, 0.5) is 0 Å². The van der Waals surface area contributed by atoms with Crippen LogP contribution in [0.3, 0.4) is 0 Å². The van der Waals surface area contributed by atoms with E-state index in [2.05, 4.69) is 15.2 Å². The molecule has 0 spiro atoms. The quantitative estimate of drug-likeness (QED) is 0.888. The summed E-state index contributed by atoms with van der Waals surface area (Å²) in [5.41, 5.74) is 1.51. The van der Waals surface area contributed by atoms with Crippen molar-refractivity contribution in [1.82, 2.24) is 19.7 Å².